The van der Waals surface area contributed by atoms with Gasteiger partial charge in [0.2, 0.25) is 0 Å². The largest absolute Gasteiger partial charge is 0.484 e. The number of nitrogens with zero attached hydrogens (tertiary/aromatic N) is 1. The van der Waals surface area contributed by atoms with Crippen molar-refractivity contribution < 1.29 is 19.1 Å². The zero-order valence-corrected chi connectivity index (χ0v) is 17.5. The Morgan fingerprint density at radius 2 is 1.75 bits per heavy atom. The van der Waals surface area contributed by atoms with Crippen molar-refractivity contribution in [2.75, 3.05) is 31.6 Å². The summed E-state index contributed by atoms with van der Waals surface area (Å²) in [6.45, 7) is 8.16. The van der Waals surface area contributed by atoms with Gasteiger partial charge in [0.05, 0.1) is 0 Å². The highest BCUT2D eigenvalue weighted by molar-refractivity contribution is 5.97. The van der Waals surface area contributed by atoms with E-state index < -0.39 is 5.60 Å². The van der Waals surface area contributed by atoms with Gasteiger partial charge in [-0.05, 0) is 63.3 Å². The first-order valence-electron chi connectivity index (χ1n) is 10.4. The summed E-state index contributed by atoms with van der Waals surface area (Å²) in [4.78, 5) is 26.7. The minimum atomic E-state index is -0.833. The number of hydrogen-bond donors (Lipinski definition) is 1. The lowest BCUT2D eigenvalue weighted by atomic mass is 9.99. The number of hydrogen-bond acceptors (Lipinski definition) is 4. The second kappa shape index (κ2) is 11.1. The van der Waals surface area contributed by atoms with Gasteiger partial charge in [-0.2, -0.15) is 0 Å². The normalized spacial score (nSPS) is 16.3. The Morgan fingerprint density at radius 1 is 1.07 bits per heavy atom. The molecule has 6 nitrogen and oxygen atoms in total. The molecule has 0 spiro atoms. The van der Waals surface area contributed by atoms with Gasteiger partial charge in [0.15, 0.2) is 6.61 Å². The SMILES string of the molecule is CCCO[C@](C)(CCC)C(=O)Nc1ccc(OCC(=O)N2CCCCC2)cc1. The van der Waals surface area contributed by atoms with Crippen molar-refractivity contribution in [3.63, 3.8) is 0 Å². The van der Waals surface area contributed by atoms with Crippen LogP contribution in [0.15, 0.2) is 24.3 Å². The average Bonchev–Trinajstić information content (AvgIpc) is 2.72. The highest BCUT2D eigenvalue weighted by atomic mass is 16.5. The molecule has 0 saturated carbocycles. The molecule has 2 amide bonds. The number of rotatable bonds is 10. The molecule has 1 aromatic rings. The van der Waals surface area contributed by atoms with E-state index in [9.17, 15) is 9.59 Å². The second-order valence-electron chi connectivity index (χ2n) is 7.54. The van der Waals surface area contributed by atoms with Crippen LogP contribution in [-0.4, -0.2) is 48.6 Å². The van der Waals surface area contributed by atoms with Crippen LogP contribution in [0.2, 0.25) is 0 Å². The monoisotopic (exact) mass is 390 g/mol. The molecule has 28 heavy (non-hydrogen) atoms. The molecule has 156 valence electrons. The molecule has 0 aliphatic carbocycles. The Bertz CT molecular complexity index is 626. The maximum absolute atomic E-state index is 12.7. The highest BCUT2D eigenvalue weighted by Crippen LogP contribution is 2.22. The lowest BCUT2D eigenvalue weighted by Gasteiger charge is -2.28. The molecule has 1 fully saturated rings. The number of nitrogens with one attached hydrogen (secondary N) is 1. The first kappa shape index (κ1) is 22.2. The Kier molecular flexibility index (Phi) is 8.77. The van der Waals surface area contributed by atoms with Crippen LogP contribution in [0.4, 0.5) is 5.69 Å². The van der Waals surface area contributed by atoms with E-state index in [0.717, 1.165) is 38.8 Å². The van der Waals surface area contributed by atoms with Gasteiger partial charge in [-0.1, -0.05) is 20.3 Å². The molecule has 2 rings (SSSR count). The molecule has 0 aromatic heterocycles. The van der Waals surface area contributed by atoms with E-state index in [0.29, 0.717) is 24.5 Å². The summed E-state index contributed by atoms with van der Waals surface area (Å²) in [5, 5.41) is 2.93. The van der Waals surface area contributed by atoms with Crippen LogP contribution >= 0.6 is 0 Å². The summed E-state index contributed by atoms with van der Waals surface area (Å²) in [6, 6.07) is 7.10. The quantitative estimate of drug-likeness (QED) is 0.656. The lowest BCUT2D eigenvalue weighted by Crippen LogP contribution is -2.43. The molecule has 1 saturated heterocycles. The van der Waals surface area contributed by atoms with Crippen LogP contribution in [0.1, 0.15) is 59.3 Å². The molecule has 1 N–H and O–H groups in total. The van der Waals surface area contributed by atoms with Crippen molar-refractivity contribution in [1.82, 2.24) is 4.90 Å². The van der Waals surface area contributed by atoms with E-state index in [1.807, 2.05) is 25.7 Å². The molecule has 1 aromatic carbocycles. The fourth-order valence-corrected chi connectivity index (χ4v) is 3.33. The molecule has 1 heterocycles. The van der Waals surface area contributed by atoms with Gasteiger partial charge in [-0.3, -0.25) is 9.59 Å². The third-order valence-corrected chi connectivity index (χ3v) is 5.02. The van der Waals surface area contributed by atoms with E-state index in [1.165, 1.54) is 6.42 Å². The van der Waals surface area contributed by atoms with Crippen LogP contribution in [0.5, 0.6) is 5.75 Å². The standard InChI is InChI=1S/C22H34N2O4/c1-4-13-22(3,28-16-5-2)21(26)23-18-9-11-19(12-10-18)27-17-20(25)24-14-7-6-8-15-24/h9-12H,4-8,13-17H2,1-3H3,(H,23,26)/t22-/m1/s1. The highest BCUT2D eigenvalue weighted by Gasteiger charge is 2.33. The van der Waals surface area contributed by atoms with Gasteiger partial charge in [0, 0.05) is 25.4 Å². The second-order valence-corrected chi connectivity index (χ2v) is 7.54. The van der Waals surface area contributed by atoms with E-state index in [2.05, 4.69) is 5.32 Å². The number of ether oxygens (including phenoxy) is 2. The number of carbonyl (C=O) groups excluding carboxylic acids is 2. The predicted molar refractivity (Wildman–Crippen MR) is 111 cm³/mol. The topological polar surface area (TPSA) is 67.9 Å². The first-order valence-corrected chi connectivity index (χ1v) is 10.4. The number of likely N-dealkylation sites (tertiary alicyclic amines) is 1. The molecule has 0 bridgehead atoms. The summed E-state index contributed by atoms with van der Waals surface area (Å²) < 4.78 is 11.4. The van der Waals surface area contributed by atoms with Crippen molar-refractivity contribution in [1.29, 1.82) is 0 Å². The van der Waals surface area contributed by atoms with Gasteiger partial charge < -0.3 is 19.7 Å². The molecule has 0 unspecified atom stereocenters. The summed E-state index contributed by atoms with van der Waals surface area (Å²) in [6.07, 6.45) is 5.73. The molecule has 0 radical (unpaired) electrons. The molecule has 1 aliphatic heterocycles. The lowest BCUT2D eigenvalue weighted by molar-refractivity contribution is -0.140. The Morgan fingerprint density at radius 3 is 2.36 bits per heavy atom. The maximum Gasteiger partial charge on any atom is 0.260 e. The number of piperidine rings is 1. The van der Waals surface area contributed by atoms with Crippen LogP contribution in [0.25, 0.3) is 0 Å². The van der Waals surface area contributed by atoms with Crippen LogP contribution in [0, 0.1) is 0 Å². The van der Waals surface area contributed by atoms with Gasteiger partial charge in [0.25, 0.3) is 11.8 Å². The molecular formula is C22H34N2O4. The van der Waals surface area contributed by atoms with E-state index in [-0.39, 0.29) is 18.4 Å². The van der Waals surface area contributed by atoms with Crippen molar-refractivity contribution >= 4 is 17.5 Å². The minimum absolute atomic E-state index is 0.0282. The summed E-state index contributed by atoms with van der Waals surface area (Å²) in [5.41, 5.74) is -0.150. The number of amides is 2. The van der Waals surface area contributed by atoms with Gasteiger partial charge in [0.1, 0.15) is 11.4 Å². The first-order chi connectivity index (χ1) is 13.5. The van der Waals surface area contributed by atoms with Crippen LogP contribution < -0.4 is 10.1 Å². The minimum Gasteiger partial charge on any atom is -0.484 e. The van der Waals surface area contributed by atoms with E-state index >= 15 is 0 Å². The van der Waals surface area contributed by atoms with E-state index in [1.54, 1.807) is 24.3 Å². The third-order valence-electron chi connectivity index (χ3n) is 5.02. The summed E-state index contributed by atoms with van der Waals surface area (Å²) in [7, 11) is 0. The van der Waals surface area contributed by atoms with Gasteiger partial charge in [-0.15, -0.1) is 0 Å². The fraction of sp³-hybridized carbons (Fsp3) is 0.636. The van der Waals surface area contributed by atoms with E-state index in [4.69, 9.17) is 9.47 Å². The van der Waals surface area contributed by atoms with Crippen molar-refractivity contribution in [3.05, 3.63) is 24.3 Å². The van der Waals surface area contributed by atoms with Gasteiger partial charge >= 0.3 is 0 Å². The Labute approximate surface area is 168 Å². The molecule has 1 aliphatic rings. The fourth-order valence-electron chi connectivity index (χ4n) is 3.33. The smallest absolute Gasteiger partial charge is 0.260 e. The molecule has 6 heteroatoms. The number of anilines is 1. The maximum atomic E-state index is 12.7. The van der Waals surface area contributed by atoms with Gasteiger partial charge in [-0.25, -0.2) is 0 Å². The molecule has 1 atom stereocenters. The zero-order chi connectivity index (χ0) is 20.4. The van der Waals surface area contributed by atoms with Crippen LogP contribution in [0.3, 0.4) is 0 Å². The predicted octanol–water partition coefficient (Wildman–Crippen LogP) is 4.00. The van der Waals surface area contributed by atoms with Crippen LogP contribution in [-0.2, 0) is 14.3 Å². The average molecular weight is 391 g/mol. The van der Waals surface area contributed by atoms with Crippen molar-refractivity contribution in [2.24, 2.45) is 0 Å². The summed E-state index contributed by atoms with van der Waals surface area (Å²) in [5.74, 6) is 0.499. The zero-order valence-electron chi connectivity index (χ0n) is 17.5. The summed E-state index contributed by atoms with van der Waals surface area (Å²) >= 11 is 0. The Hall–Kier alpha value is -2.08. The third kappa shape index (κ3) is 6.51. The molecular weight excluding hydrogens is 356 g/mol. The Balaban J connectivity index is 1.87. The van der Waals surface area contributed by atoms with Crippen molar-refractivity contribution in [3.8, 4) is 5.75 Å². The number of carbonyl (C=O) groups is 2. The number of benzene rings is 1. The van der Waals surface area contributed by atoms with Crippen molar-refractivity contribution in [2.45, 2.75) is 64.9 Å².